The average molecular weight is 366 g/mol. The number of methoxy groups -OCH3 is 1. The number of nitrogens with one attached hydrogen (secondary N) is 1. The number of carbonyl (C=O) groups excluding carboxylic acids is 1. The minimum absolute atomic E-state index is 0.261. The first-order valence-corrected chi connectivity index (χ1v) is 8.57. The first-order valence-electron chi connectivity index (χ1n) is 8.19. The van der Waals surface area contributed by atoms with Crippen LogP contribution in [0.2, 0.25) is 5.02 Å². The third kappa shape index (κ3) is 4.92. The molecule has 136 valence electrons. The molecule has 0 saturated carbocycles. The zero-order valence-electron chi connectivity index (χ0n) is 15.2. The van der Waals surface area contributed by atoms with Gasteiger partial charge < -0.3 is 19.2 Å². The zero-order valence-corrected chi connectivity index (χ0v) is 15.9. The third-order valence-electron chi connectivity index (χ3n) is 3.59. The minimum atomic E-state index is -0.267. The summed E-state index contributed by atoms with van der Waals surface area (Å²) < 4.78 is 16.6. The Morgan fingerprint density at radius 2 is 2.00 bits per heavy atom. The van der Waals surface area contributed by atoms with Crippen LogP contribution in [0, 0.1) is 12.8 Å². The molecule has 0 radical (unpaired) electrons. The van der Waals surface area contributed by atoms with E-state index in [-0.39, 0.29) is 11.9 Å². The summed E-state index contributed by atoms with van der Waals surface area (Å²) >= 11 is 6.29. The lowest BCUT2D eigenvalue weighted by Crippen LogP contribution is -2.26. The van der Waals surface area contributed by atoms with Crippen LogP contribution in [0.15, 0.2) is 28.7 Å². The fraction of sp³-hybridized carbons (Fsp3) is 0.421. The molecule has 1 amide bonds. The van der Waals surface area contributed by atoms with Crippen LogP contribution in [0.4, 0.5) is 0 Å². The van der Waals surface area contributed by atoms with Crippen LogP contribution in [0.1, 0.15) is 48.7 Å². The molecular formula is C19H24ClNO4. The van der Waals surface area contributed by atoms with Crippen LogP contribution in [0.3, 0.4) is 0 Å². The maximum Gasteiger partial charge on any atom is 0.252 e. The number of halogens is 1. The van der Waals surface area contributed by atoms with Gasteiger partial charge in [0, 0.05) is 5.56 Å². The van der Waals surface area contributed by atoms with Crippen molar-refractivity contribution in [2.24, 2.45) is 5.92 Å². The topological polar surface area (TPSA) is 60.7 Å². The molecule has 1 unspecified atom stereocenters. The number of amides is 1. The van der Waals surface area contributed by atoms with Crippen molar-refractivity contribution in [3.63, 3.8) is 0 Å². The van der Waals surface area contributed by atoms with Gasteiger partial charge in [0.25, 0.3) is 5.91 Å². The van der Waals surface area contributed by atoms with Crippen molar-refractivity contribution in [1.82, 2.24) is 5.32 Å². The monoisotopic (exact) mass is 365 g/mol. The van der Waals surface area contributed by atoms with Crippen molar-refractivity contribution in [2.75, 3.05) is 13.7 Å². The molecule has 2 rings (SSSR count). The van der Waals surface area contributed by atoms with E-state index in [4.69, 9.17) is 25.5 Å². The first kappa shape index (κ1) is 19.2. The summed E-state index contributed by atoms with van der Waals surface area (Å²) in [6.07, 6.45) is 0. The standard InChI is InChI=1S/C19H24ClNO4/c1-11(2)10-24-18-15(20)8-14(9-17(18)23-5)19(22)21-13(4)16-7-6-12(3)25-16/h6-9,11,13H,10H2,1-5H3,(H,21,22). The second-order valence-electron chi connectivity index (χ2n) is 6.34. The van der Waals surface area contributed by atoms with Gasteiger partial charge >= 0.3 is 0 Å². The Hall–Kier alpha value is -2.14. The number of hydrogen-bond donors (Lipinski definition) is 1. The molecule has 1 N–H and O–H groups in total. The maximum atomic E-state index is 12.5. The predicted molar refractivity (Wildman–Crippen MR) is 97.7 cm³/mol. The smallest absolute Gasteiger partial charge is 0.252 e. The van der Waals surface area contributed by atoms with Gasteiger partial charge in [-0.1, -0.05) is 25.4 Å². The Bertz CT molecular complexity index is 739. The summed E-state index contributed by atoms with van der Waals surface area (Å²) in [5, 5.41) is 3.23. The molecule has 0 aliphatic heterocycles. The van der Waals surface area contributed by atoms with E-state index in [2.05, 4.69) is 5.32 Å². The van der Waals surface area contributed by atoms with E-state index in [0.29, 0.717) is 40.4 Å². The molecule has 5 nitrogen and oxygen atoms in total. The highest BCUT2D eigenvalue weighted by molar-refractivity contribution is 6.32. The van der Waals surface area contributed by atoms with E-state index in [1.165, 1.54) is 7.11 Å². The molecule has 25 heavy (non-hydrogen) atoms. The van der Waals surface area contributed by atoms with E-state index < -0.39 is 0 Å². The second kappa shape index (κ2) is 8.30. The Balaban J connectivity index is 2.18. The fourth-order valence-corrected chi connectivity index (χ4v) is 2.54. The summed E-state index contributed by atoms with van der Waals surface area (Å²) in [4.78, 5) is 12.5. The van der Waals surface area contributed by atoms with Crippen molar-refractivity contribution in [3.05, 3.63) is 46.4 Å². The van der Waals surface area contributed by atoms with Crippen molar-refractivity contribution in [3.8, 4) is 11.5 Å². The van der Waals surface area contributed by atoms with Gasteiger partial charge in [-0.2, -0.15) is 0 Å². The molecule has 6 heteroatoms. The molecule has 0 aliphatic rings. The van der Waals surface area contributed by atoms with E-state index in [1.54, 1.807) is 12.1 Å². The molecule has 1 heterocycles. The normalized spacial score (nSPS) is 12.1. The van der Waals surface area contributed by atoms with Crippen molar-refractivity contribution in [2.45, 2.75) is 33.7 Å². The number of ether oxygens (including phenoxy) is 2. The van der Waals surface area contributed by atoms with E-state index >= 15 is 0 Å². The van der Waals surface area contributed by atoms with Crippen LogP contribution < -0.4 is 14.8 Å². The molecule has 1 aromatic heterocycles. The Kier molecular flexibility index (Phi) is 6.37. The van der Waals surface area contributed by atoms with Crippen LogP contribution in [0.25, 0.3) is 0 Å². The van der Waals surface area contributed by atoms with Gasteiger partial charge in [-0.3, -0.25) is 4.79 Å². The summed E-state index contributed by atoms with van der Waals surface area (Å²) in [6, 6.07) is 6.64. The minimum Gasteiger partial charge on any atom is -0.493 e. The predicted octanol–water partition coefficient (Wildman–Crippen LogP) is 4.78. The maximum absolute atomic E-state index is 12.5. The summed E-state index contributed by atoms with van der Waals surface area (Å²) in [5.74, 6) is 2.45. The van der Waals surface area contributed by atoms with Gasteiger partial charge in [-0.15, -0.1) is 0 Å². The van der Waals surface area contributed by atoms with E-state index in [0.717, 1.165) is 5.76 Å². The van der Waals surface area contributed by atoms with Gasteiger partial charge in [0.1, 0.15) is 11.5 Å². The van der Waals surface area contributed by atoms with Gasteiger partial charge in [0.2, 0.25) is 0 Å². The Morgan fingerprint density at radius 3 is 2.56 bits per heavy atom. The summed E-state index contributed by atoms with van der Waals surface area (Å²) in [6.45, 7) is 8.31. The molecule has 0 aliphatic carbocycles. The lowest BCUT2D eigenvalue weighted by Gasteiger charge is -2.16. The largest absolute Gasteiger partial charge is 0.493 e. The number of benzene rings is 1. The van der Waals surface area contributed by atoms with Crippen molar-refractivity contribution < 1.29 is 18.7 Å². The SMILES string of the molecule is COc1cc(C(=O)NC(C)c2ccc(C)o2)cc(Cl)c1OCC(C)C. The van der Waals surface area contributed by atoms with Crippen LogP contribution in [-0.2, 0) is 0 Å². The molecular weight excluding hydrogens is 342 g/mol. The van der Waals surface area contributed by atoms with E-state index in [9.17, 15) is 4.79 Å². The molecule has 0 bridgehead atoms. The Labute approximate surface area is 153 Å². The molecule has 0 fully saturated rings. The van der Waals surface area contributed by atoms with Crippen LogP contribution in [0.5, 0.6) is 11.5 Å². The van der Waals surface area contributed by atoms with Crippen molar-refractivity contribution in [1.29, 1.82) is 0 Å². The molecule has 2 aromatic rings. The molecule has 1 aromatic carbocycles. The highest BCUT2D eigenvalue weighted by Gasteiger charge is 2.19. The number of rotatable bonds is 7. The fourth-order valence-electron chi connectivity index (χ4n) is 2.28. The lowest BCUT2D eigenvalue weighted by molar-refractivity contribution is 0.0934. The lowest BCUT2D eigenvalue weighted by atomic mass is 10.1. The number of hydrogen-bond acceptors (Lipinski definition) is 4. The van der Waals surface area contributed by atoms with Gasteiger partial charge in [0.05, 0.1) is 24.8 Å². The number of furan rings is 1. The Morgan fingerprint density at radius 1 is 1.28 bits per heavy atom. The average Bonchev–Trinajstić information content (AvgIpc) is 2.99. The van der Waals surface area contributed by atoms with Crippen LogP contribution in [-0.4, -0.2) is 19.6 Å². The van der Waals surface area contributed by atoms with Gasteiger partial charge in [-0.25, -0.2) is 0 Å². The van der Waals surface area contributed by atoms with E-state index in [1.807, 2.05) is 39.8 Å². The first-order chi connectivity index (χ1) is 11.8. The quantitative estimate of drug-likeness (QED) is 0.767. The molecule has 0 spiro atoms. The van der Waals surface area contributed by atoms with Crippen LogP contribution >= 0.6 is 11.6 Å². The highest BCUT2D eigenvalue weighted by Crippen LogP contribution is 2.36. The molecule has 1 atom stereocenters. The molecule has 0 saturated heterocycles. The van der Waals surface area contributed by atoms with Gasteiger partial charge in [-0.05, 0) is 44.0 Å². The summed E-state index contributed by atoms with van der Waals surface area (Å²) in [7, 11) is 1.52. The van der Waals surface area contributed by atoms with Gasteiger partial charge in [0.15, 0.2) is 11.5 Å². The number of aryl methyl sites for hydroxylation is 1. The zero-order chi connectivity index (χ0) is 18.6. The van der Waals surface area contributed by atoms with Crippen molar-refractivity contribution >= 4 is 17.5 Å². The second-order valence-corrected chi connectivity index (χ2v) is 6.75. The number of carbonyl (C=O) groups is 1. The highest BCUT2D eigenvalue weighted by atomic mass is 35.5. The third-order valence-corrected chi connectivity index (χ3v) is 3.87. The summed E-state index contributed by atoms with van der Waals surface area (Å²) in [5.41, 5.74) is 0.397.